The fourth-order valence-electron chi connectivity index (χ4n) is 1.19. The van der Waals surface area contributed by atoms with Crippen molar-refractivity contribution in [2.24, 2.45) is 4.99 Å². The maximum atomic E-state index is 4.33. The molecule has 0 unspecified atom stereocenters. The van der Waals surface area contributed by atoms with E-state index >= 15 is 0 Å². The minimum absolute atomic E-state index is 0.975. The van der Waals surface area contributed by atoms with Gasteiger partial charge in [0.05, 0.1) is 5.69 Å². The van der Waals surface area contributed by atoms with Crippen LogP contribution in [0, 0.1) is 0 Å². The molecular formula is C8H8N2. The van der Waals surface area contributed by atoms with E-state index in [0.717, 1.165) is 12.1 Å². The molecule has 1 aromatic heterocycles. The molecule has 10 heavy (non-hydrogen) atoms. The molecule has 0 spiro atoms. The van der Waals surface area contributed by atoms with Gasteiger partial charge in [0.25, 0.3) is 0 Å². The van der Waals surface area contributed by atoms with Gasteiger partial charge in [0.1, 0.15) is 0 Å². The molecule has 0 N–H and O–H groups in total. The summed E-state index contributed by atoms with van der Waals surface area (Å²) < 4.78 is 0. The Kier molecular flexibility index (Phi) is 1.07. The summed E-state index contributed by atoms with van der Waals surface area (Å²) in [5.74, 6) is 0. The molecule has 0 radical (unpaired) electrons. The van der Waals surface area contributed by atoms with Gasteiger partial charge in [-0.15, -0.1) is 0 Å². The second kappa shape index (κ2) is 1.90. The van der Waals surface area contributed by atoms with Crippen molar-refractivity contribution in [1.82, 2.24) is 4.98 Å². The molecule has 0 amide bonds. The van der Waals surface area contributed by atoms with Gasteiger partial charge in [-0.3, -0.25) is 9.98 Å². The summed E-state index contributed by atoms with van der Waals surface area (Å²) in [5.41, 5.74) is 3.52. The zero-order valence-corrected chi connectivity index (χ0v) is 5.83. The molecule has 0 fully saturated rings. The summed E-state index contributed by atoms with van der Waals surface area (Å²) in [6.45, 7) is 2.04. The smallest absolute Gasteiger partial charge is 0.0695 e. The Hall–Kier alpha value is -1.18. The van der Waals surface area contributed by atoms with Crippen LogP contribution in [0.2, 0.25) is 0 Å². The van der Waals surface area contributed by atoms with Crippen LogP contribution in [0.15, 0.2) is 23.5 Å². The Labute approximate surface area is 59.6 Å². The molecule has 0 aromatic carbocycles. The first-order valence-electron chi connectivity index (χ1n) is 3.33. The lowest BCUT2D eigenvalue weighted by Gasteiger charge is -1.90. The summed E-state index contributed by atoms with van der Waals surface area (Å²) in [4.78, 5) is 8.35. The normalized spacial score (nSPS) is 14.7. The van der Waals surface area contributed by atoms with Crippen molar-refractivity contribution in [3.8, 4) is 0 Å². The van der Waals surface area contributed by atoms with Crippen molar-refractivity contribution in [3.63, 3.8) is 0 Å². The van der Waals surface area contributed by atoms with Crippen LogP contribution in [0.5, 0.6) is 0 Å². The van der Waals surface area contributed by atoms with Crippen molar-refractivity contribution < 1.29 is 0 Å². The summed E-state index contributed by atoms with van der Waals surface area (Å²) in [5, 5.41) is 0. The summed E-state index contributed by atoms with van der Waals surface area (Å²) in [6.07, 6.45) is 4.64. The minimum Gasteiger partial charge on any atom is -0.264 e. The van der Waals surface area contributed by atoms with Crippen LogP contribution >= 0.6 is 0 Å². The first kappa shape index (κ1) is 5.59. The van der Waals surface area contributed by atoms with E-state index in [1.54, 1.807) is 6.20 Å². The molecule has 0 aliphatic carbocycles. The van der Waals surface area contributed by atoms with E-state index in [4.69, 9.17) is 0 Å². The van der Waals surface area contributed by atoms with Gasteiger partial charge < -0.3 is 0 Å². The topological polar surface area (TPSA) is 25.2 Å². The Balaban J connectivity index is 2.54. The van der Waals surface area contributed by atoms with Crippen LogP contribution in [0.3, 0.4) is 0 Å². The average molecular weight is 132 g/mol. The van der Waals surface area contributed by atoms with E-state index in [2.05, 4.69) is 9.98 Å². The van der Waals surface area contributed by atoms with Gasteiger partial charge >= 0.3 is 0 Å². The fourth-order valence-corrected chi connectivity index (χ4v) is 1.19. The van der Waals surface area contributed by atoms with E-state index in [9.17, 15) is 0 Å². The maximum absolute atomic E-state index is 4.33. The summed E-state index contributed by atoms with van der Waals surface area (Å²) in [7, 11) is 0. The first-order valence-corrected chi connectivity index (χ1v) is 3.33. The monoisotopic (exact) mass is 132 g/mol. The largest absolute Gasteiger partial charge is 0.264 e. The molecule has 50 valence electrons. The van der Waals surface area contributed by atoms with Crippen molar-refractivity contribution in [3.05, 3.63) is 24.0 Å². The number of aliphatic imine (C=N–C) groups is 1. The first-order chi connectivity index (χ1) is 4.86. The van der Waals surface area contributed by atoms with E-state index in [1.165, 1.54) is 11.3 Å². The highest BCUT2D eigenvalue weighted by molar-refractivity contribution is 5.91. The molecule has 2 heterocycles. The van der Waals surface area contributed by atoms with Gasteiger partial charge in [-0.25, -0.2) is 0 Å². The molecule has 1 aliphatic rings. The number of hydrogen-bond donors (Lipinski definition) is 0. The Morgan fingerprint density at radius 2 is 2.40 bits per heavy atom. The van der Waals surface area contributed by atoms with Crippen molar-refractivity contribution in [2.75, 3.05) is 0 Å². The highest BCUT2D eigenvalue weighted by Crippen LogP contribution is 2.24. The van der Waals surface area contributed by atoms with E-state index < -0.39 is 0 Å². The molecule has 1 aromatic rings. The second-order valence-corrected chi connectivity index (χ2v) is 2.53. The molecule has 0 saturated carbocycles. The van der Waals surface area contributed by atoms with Crippen molar-refractivity contribution in [1.29, 1.82) is 0 Å². The van der Waals surface area contributed by atoms with E-state index in [0.29, 0.717) is 0 Å². The third-order valence-electron chi connectivity index (χ3n) is 1.64. The molecule has 0 saturated heterocycles. The Morgan fingerprint density at radius 1 is 1.50 bits per heavy atom. The Bertz CT molecular complexity index is 289. The number of rotatable bonds is 0. The van der Waals surface area contributed by atoms with E-state index in [-0.39, 0.29) is 0 Å². The van der Waals surface area contributed by atoms with Crippen LogP contribution in [-0.4, -0.2) is 10.7 Å². The highest BCUT2D eigenvalue weighted by atomic mass is 14.8. The maximum Gasteiger partial charge on any atom is 0.0695 e. The molecule has 2 rings (SSSR count). The SMILES string of the molecule is CC1=Nc2ccncc2C1. The highest BCUT2D eigenvalue weighted by Gasteiger charge is 2.09. The molecule has 2 heteroatoms. The molecular weight excluding hydrogens is 124 g/mol. The zero-order valence-electron chi connectivity index (χ0n) is 5.83. The van der Waals surface area contributed by atoms with Gasteiger partial charge in [-0.1, -0.05) is 0 Å². The van der Waals surface area contributed by atoms with Crippen molar-refractivity contribution >= 4 is 11.4 Å². The van der Waals surface area contributed by atoms with Gasteiger partial charge in [0.15, 0.2) is 0 Å². The number of aromatic nitrogens is 1. The standard InChI is InChI=1S/C8H8N2/c1-6-4-7-5-9-3-2-8(7)10-6/h2-3,5H,4H2,1H3. The summed E-state index contributed by atoms with van der Waals surface area (Å²) in [6, 6.07) is 1.95. The van der Waals surface area contributed by atoms with Gasteiger partial charge in [-0.05, 0) is 13.0 Å². The van der Waals surface area contributed by atoms with Crippen LogP contribution in [0.1, 0.15) is 12.5 Å². The molecule has 0 atom stereocenters. The summed E-state index contributed by atoms with van der Waals surface area (Å²) >= 11 is 0. The molecule has 1 aliphatic heterocycles. The van der Waals surface area contributed by atoms with Crippen LogP contribution in [0.25, 0.3) is 0 Å². The third-order valence-corrected chi connectivity index (χ3v) is 1.64. The lowest BCUT2D eigenvalue weighted by atomic mass is 10.2. The van der Waals surface area contributed by atoms with Gasteiger partial charge in [0.2, 0.25) is 0 Å². The van der Waals surface area contributed by atoms with Crippen molar-refractivity contribution in [2.45, 2.75) is 13.3 Å². The number of hydrogen-bond acceptors (Lipinski definition) is 2. The van der Waals surface area contributed by atoms with E-state index in [1.807, 2.05) is 19.2 Å². The van der Waals surface area contributed by atoms with Crippen LogP contribution in [0.4, 0.5) is 5.69 Å². The average Bonchev–Trinajstić information content (AvgIpc) is 2.27. The van der Waals surface area contributed by atoms with Gasteiger partial charge in [0, 0.05) is 30.1 Å². The molecule has 0 bridgehead atoms. The van der Waals surface area contributed by atoms with Gasteiger partial charge in [-0.2, -0.15) is 0 Å². The fraction of sp³-hybridized carbons (Fsp3) is 0.250. The van der Waals surface area contributed by atoms with Crippen LogP contribution in [-0.2, 0) is 6.42 Å². The predicted octanol–water partition coefficient (Wildman–Crippen LogP) is 1.73. The second-order valence-electron chi connectivity index (χ2n) is 2.53. The number of pyridine rings is 1. The predicted molar refractivity (Wildman–Crippen MR) is 40.7 cm³/mol. The zero-order chi connectivity index (χ0) is 6.97. The number of nitrogens with zero attached hydrogens (tertiary/aromatic N) is 2. The third kappa shape index (κ3) is 0.727. The molecule has 2 nitrogen and oxygen atoms in total. The number of fused-ring (bicyclic) bond motifs is 1. The van der Waals surface area contributed by atoms with Crippen LogP contribution < -0.4 is 0 Å². The lowest BCUT2D eigenvalue weighted by molar-refractivity contribution is 1.25. The quantitative estimate of drug-likeness (QED) is 0.527. The minimum atomic E-state index is 0.975. The lowest BCUT2D eigenvalue weighted by Crippen LogP contribution is -1.88. The Morgan fingerprint density at radius 3 is 3.20 bits per heavy atom.